The van der Waals surface area contributed by atoms with Gasteiger partial charge in [-0.05, 0) is 23.4 Å². The van der Waals surface area contributed by atoms with E-state index in [9.17, 15) is 0 Å². The van der Waals surface area contributed by atoms with Crippen LogP contribution < -0.4 is 4.74 Å². The molecule has 0 aliphatic rings. The molecule has 21 heavy (non-hydrogen) atoms. The van der Waals surface area contributed by atoms with Crippen LogP contribution in [0.4, 0.5) is 0 Å². The molecule has 0 fully saturated rings. The molecule has 3 rings (SSSR count). The molecule has 3 aromatic rings. The number of hydrogen-bond donors (Lipinski definition) is 0. The Bertz CT molecular complexity index is 744. The summed E-state index contributed by atoms with van der Waals surface area (Å²) in [6, 6.07) is 11.3. The quantitative estimate of drug-likeness (QED) is 0.680. The van der Waals surface area contributed by atoms with Gasteiger partial charge in [0, 0.05) is 23.2 Å². The van der Waals surface area contributed by atoms with Crippen molar-refractivity contribution in [2.45, 2.75) is 5.33 Å². The van der Waals surface area contributed by atoms with Crippen LogP contribution in [0.25, 0.3) is 17.2 Å². The average Bonchev–Trinajstić information content (AvgIpc) is 3.05. The minimum Gasteiger partial charge on any atom is -0.496 e. The number of benzene rings is 1. The van der Waals surface area contributed by atoms with Crippen molar-refractivity contribution in [2.24, 2.45) is 0 Å². The topological polar surface area (TPSA) is 65.7 Å². The second kappa shape index (κ2) is 6.01. The molecule has 0 amide bonds. The third-order valence-corrected chi connectivity index (χ3v) is 3.56. The molecule has 0 aliphatic carbocycles. The Morgan fingerprint density at radius 3 is 2.86 bits per heavy atom. The van der Waals surface area contributed by atoms with E-state index in [1.165, 1.54) is 4.80 Å². The lowest BCUT2D eigenvalue weighted by molar-refractivity contribution is 0.411. The summed E-state index contributed by atoms with van der Waals surface area (Å²) in [7, 11) is 1.64. The molecule has 0 spiro atoms. The van der Waals surface area contributed by atoms with E-state index >= 15 is 0 Å². The number of nitrogens with zero attached hydrogens (tertiary/aromatic N) is 5. The summed E-state index contributed by atoms with van der Waals surface area (Å²) in [5.41, 5.74) is 2.53. The molecule has 2 aromatic heterocycles. The number of pyridine rings is 1. The largest absolute Gasteiger partial charge is 0.496 e. The lowest BCUT2D eigenvalue weighted by atomic mass is 10.2. The SMILES string of the molecule is COc1cc(-n2nnc(-c3ccccn3)n2)ccc1CBr. The molecule has 0 aliphatic heterocycles. The minimum absolute atomic E-state index is 0.485. The molecule has 0 unspecified atom stereocenters. The van der Waals surface area contributed by atoms with E-state index in [1.54, 1.807) is 13.3 Å². The summed E-state index contributed by atoms with van der Waals surface area (Å²) in [4.78, 5) is 5.67. The molecule has 106 valence electrons. The molecule has 2 heterocycles. The predicted octanol–water partition coefficient (Wildman–Crippen LogP) is 2.63. The highest BCUT2D eigenvalue weighted by Crippen LogP contribution is 2.24. The Hall–Kier alpha value is -2.28. The second-order valence-electron chi connectivity index (χ2n) is 4.25. The van der Waals surface area contributed by atoms with Crippen LogP contribution in [0, 0.1) is 0 Å². The van der Waals surface area contributed by atoms with E-state index in [0.29, 0.717) is 11.5 Å². The van der Waals surface area contributed by atoms with E-state index in [2.05, 4.69) is 36.3 Å². The zero-order valence-corrected chi connectivity index (χ0v) is 12.9. The summed E-state index contributed by atoms with van der Waals surface area (Å²) in [5.74, 6) is 1.26. The molecule has 0 N–H and O–H groups in total. The average molecular weight is 346 g/mol. The molecular weight excluding hydrogens is 334 g/mol. The van der Waals surface area contributed by atoms with Crippen molar-refractivity contribution in [1.29, 1.82) is 0 Å². The van der Waals surface area contributed by atoms with Gasteiger partial charge in [-0.15, -0.1) is 15.0 Å². The smallest absolute Gasteiger partial charge is 0.223 e. The molecule has 0 saturated heterocycles. The van der Waals surface area contributed by atoms with Crippen molar-refractivity contribution >= 4 is 15.9 Å². The molecule has 0 atom stereocenters. The van der Waals surface area contributed by atoms with Crippen LogP contribution in [0.1, 0.15) is 5.56 Å². The Morgan fingerprint density at radius 1 is 1.24 bits per heavy atom. The predicted molar refractivity (Wildman–Crippen MR) is 81.6 cm³/mol. The van der Waals surface area contributed by atoms with Crippen molar-refractivity contribution in [3.8, 4) is 23.0 Å². The first-order valence-electron chi connectivity index (χ1n) is 6.26. The zero-order chi connectivity index (χ0) is 14.7. The van der Waals surface area contributed by atoms with Crippen LogP contribution in [0.5, 0.6) is 5.75 Å². The fourth-order valence-corrected chi connectivity index (χ4v) is 2.35. The highest BCUT2D eigenvalue weighted by molar-refractivity contribution is 9.08. The molecule has 6 nitrogen and oxygen atoms in total. The third-order valence-electron chi connectivity index (χ3n) is 2.95. The number of halogens is 1. The van der Waals surface area contributed by atoms with Gasteiger partial charge in [-0.2, -0.15) is 0 Å². The van der Waals surface area contributed by atoms with Crippen LogP contribution in [0.15, 0.2) is 42.6 Å². The number of rotatable bonds is 4. The van der Waals surface area contributed by atoms with Crippen molar-refractivity contribution in [3.05, 3.63) is 48.2 Å². The van der Waals surface area contributed by atoms with E-state index in [-0.39, 0.29) is 0 Å². The maximum atomic E-state index is 5.36. The highest BCUT2D eigenvalue weighted by atomic mass is 79.9. The van der Waals surface area contributed by atoms with Crippen LogP contribution >= 0.6 is 15.9 Å². The van der Waals surface area contributed by atoms with Crippen LogP contribution in [0.3, 0.4) is 0 Å². The first-order chi connectivity index (χ1) is 10.3. The summed E-state index contributed by atoms with van der Waals surface area (Å²) >= 11 is 3.43. The van der Waals surface area contributed by atoms with Gasteiger partial charge in [0.05, 0.1) is 12.8 Å². The zero-order valence-electron chi connectivity index (χ0n) is 11.3. The number of ether oxygens (including phenoxy) is 1. The van der Waals surface area contributed by atoms with E-state index in [4.69, 9.17) is 4.74 Å². The van der Waals surface area contributed by atoms with Crippen molar-refractivity contribution in [2.75, 3.05) is 7.11 Å². The lowest BCUT2D eigenvalue weighted by Crippen LogP contribution is -2.01. The van der Waals surface area contributed by atoms with Gasteiger partial charge >= 0.3 is 0 Å². The summed E-state index contributed by atoms with van der Waals surface area (Å²) in [5, 5.41) is 13.2. The number of methoxy groups -OCH3 is 1. The third kappa shape index (κ3) is 2.78. The molecule has 7 heteroatoms. The van der Waals surface area contributed by atoms with Gasteiger partial charge in [-0.25, -0.2) is 0 Å². The van der Waals surface area contributed by atoms with E-state index in [1.807, 2.05) is 36.4 Å². The Labute approximate surface area is 129 Å². The number of hydrogen-bond acceptors (Lipinski definition) is 5. The van der Waals surface area contributed by atoms with E-state index < -0.39 is 0 Å². The molecule has 0 saturated carbocycles. The van der Waals surface area contributed by atoms with Crippen LogP contribution in [-0.2, 0) is 5.33 Å². The van der Waals surface area contributed by atoms with Gasteiger partial charge in [0.15, 0.2) is 0 Å². The normalized spacial score (nSPS) is 10.6. The number of aromatic nitrogens is 5. The Morgan fingerprint density at radius 2 is 2.14 bits per heavy atom. The Balaban J connectivity index is 1.97. The van der Waals surface area contributed by atoms with Gasteiger partial charge in [0.25, 0.3) is 0 Å². The maximum absolute atomic E-state index is 5.36. The van der Waals surface area contributed by atoms with Gasteiger partial charge in [0.2, 0.25) is 5.82 Å². The van der Waals surface area contributed by atoms with Crippen molar-refractivity contribution in [3.63, 3.8) is 0 Å². The summed E-state index contributed by atoms with van der Waals surface area (Å²) in [6.45, 7) is 0. The fourth-order valence-electron chi connectivity index (χ4n) is 1.89. The van der Waals surface area contributed by atoms with Gasteiger partial charge < -0.3 is 4.74 Å². The summed E-state index contributed by atoms with van der Waals surface area (Å²) < 4.78 is 5.36. The first-order valence-corrected chi connectivity index (χ1v) is 7.38. The van der Waals surface area contributed by atoms with Gasteiger partial charge in [0.1, 0.15) is 11.4 Å². The minimum atomic E-state index is 0.485. The van der Waals surface area contributed by atoms with Gasteiger partial charge in [-0.1, -0.05) is 28.1 Å². The van der Waals surface area contributed by atoms with E-state index in [0.717, 1.165) is 22.3 Å². The van der Waals surface area contributed by atoms with Crippen LogP contribution in [0.2, 0.25) is 0 Å². The maximum Gasteiger partial charge on any atom is 0.223 e. The van der Waals surface area contributed by atoms with Crippen molar-refractivity contribution < 1.29 is 4.74 Å². The lowest BCUT2D eigenvalue weighted by Gasteiger charge is -2.07. The first kappa shape index (κ1) is 13.7. The molecular formula is C14H12BrN5O. The number of tetrazole rings is 1. The molecule has 0 bridgehead atoms. The van der Waals surface area contributed by atoms with Crippen LogP contribution in [-0.4, -0.2) is 32.3 Å². The summed E-state index contributed by atoms with van der Waals surface area (Å²) in [6.07, 6.45) is 1.70. The standard InChI is InChI=1S/C14H12BrN5O/c1-21-13-8-11(6-5-10(13)9-15)20-18-14(17-19-20)12-4-2-3-7-16-12/h2-8H,9H2,1H3. The van der Waals surface area contributed by atoms with Gasteiger partial charge in [-0.3, -0.25) is 4.98 Å². The second-order valence-corrected chi connectivity index (χ2v) is 4.81. The fraction of sp³-hybridized carbons (Fsp3) is 0.143. The monoisotopic (exact) mass is 345 g/mol. The molecule has 1 aromatic carbocycles. The molecule has 0 radical (unpaired) electrons. The van der Waals surface area contributed by atoms with Crippen molar-refractivity contribution in [1.82, 2.24) is 25.2 Å². The highest BCUT2D eigenvalue weighted by Gasteiger charge is 2.10. The number of alkyl halides is 1. The Kier molecular flexibility index (Phi) is 3.92.